The highest BCUT2D eigenvalue weighted by atomic mass is 32.2. The molecule has 0 aliphatic heterocycles. The Morgan fingerprint density at radius 3 is 2.57 bits per heavy atom. The van der Waals surface area contributed by atoms with Gasteiger partial charge < -0.3 is 10.5 Å². The standard InChI is InChI=1S/C10H23NO2S/c1-4-10(11)8-14(12)6-5-13-7-9(2)3/h9-10H,4-8,11H2,1-3H3. The van der Waals surface area contributed by atoms with Crippen LogP contribution in [0.3, 0.4) is 0 Å². The van der Waals surface area contributed by atoms with E-state index in [1.54, 1.807) is 0 Å². The molecule has 0 aromatic rings. The number of nitrogens with two attached hydrogens (primary N) is 1. The Morgan fingerprint density at radius 2 is 2.07 bits per heavy atom. The molecule has 0 amide bonds. The van der Waals surface area contributed by atoms with E-state index in [-0.39, 0.29) is 6.04 Å². The van der Waals surface area contributed by atoms with Crippen molar-refractivity contribution in [3.05, 3.63) is 0 Å². The van der Waals surface area contributed by atoms with E-state index >= 15 is 0 Å². The van der Waals surface area contributed by atoms with Crippen molar-refractivity contribution in [3.8, 4) is 0 Å². The van der Waals surface area contributed by atoms with E-state index in [0.717, 1.165) is 13.0 Å². The van der Waals surface area contributed by atoms with Gasteiger partial charge in [-0.1, -0.05) is 20.8 Å². The predicted octanol–water partition coefficient (Wildman–Crippen LogP) is 1.14. The number of hydrogen-bond donors (Lipinski definition) is 1. The van der Waals surface area contributed by atoms with E-state index in [0.29, 0.717) is 24.0 Å². The van der Waals surface area contributed by atoms with Crippen LogP contribution in [-0.2, 0) is 15.5 Å². The summed E-state index contributed by atoms with van der Waals surface area (Å²) in [6.07, 6.45) is 0.887. The molecule has 0 spiro atoms. The van der Waals surface area contributed by atoms with Gasteiger partial charge >= 0.3 is 0 Å². The van der Waals surface area contributed by atoms with E-state index in [1.807, 2.05) is 6.92 Å². The fourth-order valence-corrected chi connectivity index (χ4v) is 2.09. The van der Waals surface area contributed by atoms with Crippen molar-refractivity contribution in [2.24, 2.45) is 11.7 Å². The van der Waals surface area contributed by atoms with Crippen LogP contribution in [0.25, 0.3) is 0 Å². The monoisotopic (exact) mass is 221 g/mol. The Morgan fingerprint density at radius 1 is 1.43 bits per heavy atom. The van der Waals surface area contributed by atoms with E-state index in [4.69, 9.17) is 10.5 Å². The molecule has 0 saturated heterocycles. The summed E-state index contributed by atoms with van der Waals surface area (Å²) in [4.78, 5) is 0. The topological polar surface area (TPSA) is 52.3 Å². The Balaban J connectivity index is 3.36. The van der Waals surface area contributed by atoms with E-state index < -0.39 is 10.8 Å². The molecule has 0 aliphatic carbocycles. The summed E-state index contributed by atoms with van der Waals surface area (Å²) in [6.45, 7) is 7.54. The third-order valence-electron chi connectivity index (χ3n) is 1.83. The molecular weight excluding hydrogens is 198 g/mol. The van der Waals surface area contributed by atoms with Crippen molar-refractivity contribution in [2.45, 2.75) is 33.2 Å². The SMILES string of the molecule is CCC(N)CS(=O)CCOCC(C)C. The number of rotatable bonds is 8. The maximum atomic E-state index is 11.4. The van der Waals surface area contributed by atoms with Gasteiger partial charge in [0.25, 0.3) is 0 Å². The number of ether oxygens (including phenoxy) is 1. The second-order valence-electron chi connectivity index (χ2n) is 3.95. The Bertz CT molecular complexity index is 162. The summed E-state index contributed by atoms with van der Waals surface area (Å²) < 4.78 is 16.8. The summed E-state index contributed by atoms with van der Waals surface area (Å²) in [5.74, 6) is 1.75. The first-order valence-electron chi connectivity index (χ1n) is 5.24. The highest BCUT2D eigenvalue weighted by Crippen LogP contribution is 1.95. The molecule has 0 aromatic heterocycles. The van der Waals surface area contributed by atoms with Gasteiger partial charge in [0.15, 0.2) is 0 Å². The largest absolute Gasteiger partial charge is 0.380 e. The normalized spacial score (nSPS) is 15.8. The van der Waals surface area contributed by atoms with Crippen molar-refractivity contribution in [2.75, 3.05) is 24.7 Å². The van der Waals surface area contributed by atoms with Crippen LogP contribution < -0.4 is 5.73 Å². The lowest BCUT2D eigenvalue weighted by molar-refractivity contribution is 0.123. The van der Waals surface area contributed by atoms with Gasteiger partial charge in [-0.2, -0.15) is 0 Å². The zero-order valence-corrected chi connectivity index (χ0v) is 10.3. The van der Waals surface area contributed by atoms with Crippen LogP contribution in [0.1, 0.15) is 27.2 Å². The van der Waals surface area contributed by atoms with Gasteiger partial charge in [-0.3, -0.25) is 4.21 Å². The van der Waals surface area contributed by atoms with Crippen LogP contribution >= 0.6 is 0 Å². The summed E-state index contributed by atoms with van der Waals surface area (Å²) in [7, 11) is -0.815. The average molecular weight is 221 g/mol. The maximum absolute atomic E-state index is 11.4. The minimum Gasteiger partial charge on any atom is -0.380 e. The van der Waals surface area contributed by atoms with Crippen LogP contribution in [0.2, 0.25) is 0 Å². The lowest BCUT2D eigenvalue weighted by Gasteiger charge is -2.09. The predicted molar refractivity (Wildman–Crippen MR) is 61.8 cm³/mol. The van der Waals surface area contributed by atoms with Gasteiger partial charge in [0.05, 0.1) is 6.61 Å². The van der Waals surface area contributed by atoms with Gasteiger partial charge in [-0.15, -0.1) is 0 Å². The molecule has 2 atom stereocenters. The summed E-state index contributed by atoms with van der Waals surface area (Å²) in [5.41, 5.74) is 5.69. The lowest BCUT2D eigenvalue weighted by Crippen LogP contribution is -2.27. The second kappa shape index (κ2) is 8.38. The quantitative estimate of drug-likeness (QED) is 0.625. The molecule has 0 rings (SSSR count). The van der Waals surface area contributed by atoms with Crippen molar-refractivity contribution in [3.63, 3.8) is 0 Å². The first-order valence-corrected chi connectivity index (χ1v) is 6.73. The smallest absolute Gasteiger partial charge is 0.0581 e. The molecule has 2 N–H and O–H groups in total. The zero-order chi connectivity index (χ0) is 11.0. The fraction of sp³-hybridized carbons (Fsp3) is 1.00. The molecule has 0 aromatic carbocycles. The maximum Gasteiger partial charge on any atom is 0.0581 e. The Hall–Kier alpha value is 0.0700. The van der Waals surface area contributed by atoms with Crippen LogP contribution in [0.5, 0.6) is 0 Å². The Labute approximate surface area is 89.9 Å². The minimum absolute atomic E-state index is 0.0703. The Kier molecular flexibility index (Phi) is 8.43. The van der Waals surface area contributed by atoms with Crippen molar-refractivity contribution < 1.29 is 8.95 Å². The molecule has 0 aliphatic rings. The van der Waals surface area contributed by atoms with Crippen LogP contribution in [0, 0.1) is 5.92 Å². The van der Waals surface area contributed by atoms with Gasteiger partial charge in [-0.25, -0.2) is 0 Å². The van der Waals surface area contributed by atoms with E-state index in [1.165, 1.54) is 0 Å². The van der Waals surface area contributed by atoms with Gasteiger partial charge in [-0.05, 0) is 12.3 Å². The molecule has 3 nitrogen and oxygen atoms in total. The first kappa shape index (κ1) is 14.1. The first-order chi connectivity index (χ1) is 6.56. The van der Waals surface area contributed by atoms with Crippen LogP contribution in [0.4, 0.5) is 0 Å². The highest BCUT2D eigenvalue weighted by molar-refractivity contribution is 7.85. The molecular formula is C10H23NO2S. The molecule has 0 fully saturated rings. The van der Waals surface area contributed by atoms with Gasteiger partial charge in [0.2, 0.25) is 0 Å². The lowest BCUT2D eigenvalue weighted by atomic mass is 10.2. The third-order valence-corrected chi connectivity index (χ3v) is 3.25. The molecule has 2 unspecified atom stereocenters. The van der Waals surface area contributed by atoms with Crippen molar-refractivity contribution in [1.82, 2.24) is 0 Å². The van der Waals surface area contributed by atoms with E-state index in [2.05, 4.69) is 13.8 Å². The zero-order valence-electron chi connectivity index (χ0n) is 9.49. The average Bonchev–Trinajstić information content (AvgIpc) is 2.12. The highest BCUT2D eigenvalue weighted by Gasteiger charge is 2.05. The molecule has 86 valence electrons. The fourth-order valence-electron chi connectivity index (χ4n) is 0.911. The second-order valence-corrected chi connectivity index (χ2v) is 5.57. The summed E-state index contributed by atoms with van der Waals surface area (Å²) in [6, 6.07) is 0.0703. The van der Waals surface area contributed by atoms with Crippen LogP contribution in [-0.4, -0.2) is 35.0 Å². The molecule has 0 radical (unpaired) electrons. The van der Waals surface area contributed by atoms with Gasteiger partial charge in [0, 0.05) is 35.0 Å². The molecule has 0 bridgehead atoms. The third kappa shape index (κ3) is 8.66. The van der Waals surface area contributed by atoms with Crippen molar-refractivity contribution >= 4 is 10.8 Å². The molecule has 0 heterocycles. The molecule has 14 heavy (non-hydrogen) atoms. The number of hydrogen-bond acceptors (Lipinski definition) is 3. The summed E-state index contributed by atoms with van der Waals surface area (Å²) in [5, 5.41) is 0. The molecule has 0 saturated carbocycles. The van der Waals surface area contributed by atoms with Gasteiger partial charge in [0.1, 0.15) is 0 Å². The van der Waals surface area contributed by atoms with Crippen LogP contribution in [0.15, 0.2) is 0 Å². The van der Waals surface area contributed by atoms with Crippen molar-refractivity contribution in [1.29, 1.82) is 0 Å². The molecule has 4 heteroatoms. The minimum atomic E-state index is -0.815. The summed E-state index contributed by atoms with van der Waals surface area (Å²) >= 11 is 0. The van der Waals surface area contributed by atoms with E-state index in [9.17, 15) is 4.21 Å².